The van der Waals surface area contributed by atoms with Crippen molar-refractivity contribution in [3.05, 3.63) is 491 Å². The van der Waals surface area contributed by atoms with Crippen LogP contribution in [0, 0.1) is 0 Å². The van der Waals surface area contributed by atoms with Crippen molar-refractivity contribution in [2.75, 3.05) is 4.90 Å². The molecule has 0 unspecified atom stereocenters. The Morgan fingerprint density at radius 2 is 0.450 bits per heavy atom. The number of thiophene rings is 6. The van der Waals surface area contributed by atoms with Crippen LogP contribution in [-0.4, -0.2) is 29.9 Å². The number of nitrogens with zero attached hydrogens (tertiary/aromatic N) is 7. The molecule has 0 spiro atoms. The molecule has 149 heavy (non-hydrogen) atoms. The number of fused-ring (bicyclic) bond motifs is 28. The van der Waals surface area contributed by atoms with Crippen molar-refractivity contribution in [1.29, 1.82) is 0 Å². The summed E-state index contributed by atoms with van der Waals surface area (Å²) in [7, 11) is 0. The van der Waals surface area contributed by atoms with Crippen LogP contribution in [-0.2, 0) is 0 Å². The Morgan fingerprint density at radius 3 is 0.953 bits per heavy atom. The Hall–Kier alpha value is -17.8. The number of rotatable bonds is 13. The van der Waals surface area contributed by atoms with Crippen LogP contribution in [0.4, 0.5) is 17.1 Å². The lowest BCUT2D eigenvalue weighted by molar-refractivity contribution is 1.07. The molecule has 0 aliphatic rings. The Kier molecular flexibility index (Phi) is 21.7. The van der Waals surface area contributed by atoms with Crippen molar-refractivity contribution < 1.29 is 0 Å². The maximum absolute atomic E-state index is 5.10. The summed E-state index contributed by atoms with van der Waals surface area (Å²) in [5.74, 6) is 3.94. The van der Waals surface area contributed by atoms with Gasteiger partial charge in [0.05, 0.1) is 0 Å². The molecule has 31 rings (SSSR count). The molecule has 13 heteroatoms. The third-order valence-corrected chi connectivity index (χ3v) is 35.9. The number of anilines is 3. The summed E-state index contributed by atoms with van der Waals surface area (Å²) in [6.45, 7) is 0. The summed E-state index contributed by atoms with van der Waals surface area (Å²) in [4.78, 5) is 32.4. The molecule has 0 saturated heterocycles. The van der Waals surface area contributed by atoms with Crippen LogP contribution in [0.5, 0.6) is 0 Å². The first-order valence-electron chi connectivity index (χ1n) is 49.9. The van der Waals surface area contributed by atoms with Crippen LogP contribution in [0.3, 0.4) is 0 Å². The first kappa shape index (κ1) is 87.8. The molecule has 8 aromatic heterocycles. The van der Waals surface area contributed by atoms with E-state index in [9.17, 15) is 0 Å². The summed E-state index contributed by atoms with van der Waals surface area (Å²) in [6.07, 6.45) is 0. The summed E-state index contributed by atoms with van der Waals surface area (Å²) < 4.78 is 16.0. The third kappa shape index (κ3) is 15.5. The van der Waals surface area contributed by atoms with Crippen LogP contribution < -0.4 is 4.90 Å². The zero-order chi connectivity index (χ0) is 98.1. The van der Waals surface area contributed by atoms with Crippen LogP contribution in [0.2, 0.25) is 0 Å². The molecule has 0 atom stereocenters. The van der Waals surface area contributed by atoms with Crippen LogP contribution in [0.15, 0.2) is 491 Å². The van der Waals surface area contributed by atoms with Crippen molar-refractivity contribution in [3.8, 4) is 113 Å². The zero-order valence-corrected chi connectivity index (χ0v) is 84.7. The standard InChI is InChI=1S/C49H29N3S2.C47H27N3S2.C40H25NS2/c1-3-13-30(14-4-1)47-50-48(31-15-5-2-6-16-31)52-49(51-47)35-20-12-18-33(28-35)32-17-11-19-34(27-32)40-29-43-44(39-22-8-10-24-42(39)53-43)45-37(40)25-26-38-36-21-7-9-23-41(36)54-46(38)45;1-3-13-28(14-4-1)45-48-46(29-15-5-2-6-16-29)50-47(49-45)36-26-23-32(30-17-7-8-18-31(30)36)38-27-41-42(37-20-10-12-22-40(37)51-41)43-34(38)24-25-35-33-19-9-11-21-39(33)52-44(35)43;1-3-9-26(10-4-1)27-15-19-30(20-16-27)41(29-11-5-2-6-12-29)31-21-23-34-37(25-31)42-36-24-18-28-17-22-33-32-13-7-8-14-35(32)43-40(33)38(28)39(34)36/h1-29H;1-27H;1-25H. The van der Waals surface area contributed by atoms with Gasteiger partial charge in [-0.2, -0.15) is 0 Å². The van der Waals surface area contributed by atoms with Gasteiger partial charge in [-0.1, -0.05) is 388 Å². The monoisotopic (exact) mass is 2000 g/mol. The van der Waals surface area contributed by atoms with E-state index in [0.29, 0.717) is 34.9 Å². The lowest BCUT2D eigenvalue weighted by Gasteiger charge is -2.25. The van der Waals surface area contributed by atoms with Gasteiger partial charge in [-0.3, -0.25) is 0 Å². The number of hydrogen-bond acceptors (Lipinski definition) is 13. The quantitative estimate of drug-likeness (QED) is 0.114. The van der Waals surface area contributed by atoms with E-state index in [4.69, 9.17) is 29.9 Å². The summed E-state index contributed by atoms with van der Waals surface area (Å²) in [6, 6.07) is 176. The minimum atomic E-state index is 0.647. The zero-order valence-electron chi connectivity index (χ0n) is 79.8. The first-order chi connectivity index (χ1) is 73.8. The van der Waals surface area contributed by atoms with Crippen LogP contribution in [0.25, 0.3) is 277 Å². The fraction of sp³-hybridized carbons (Fsp3) is 0. The molecule has 8 heterocycles. The molecule has 0 saturated carbocycles. The van der Waals surface area contributed by atoms with E-state index in [-0.39, 0.29) is 0 Å². The van der Waals surface area contributed by atoms with Gasteiger partial charge >= 0.3 is 0 Å². The van der Waals surface area contributed by atoms with Gasteiger partial charge in [0, 0.05) is 188 Å². The van der Waals surface area contributed by atoms with Gasteiger partial charge in [0.2, 0.25) is 0 Å². The smallest absolute Gasteiger partial charge is 0.164 e. The molecule has 0 N–H and O–H groups in total. The van der Waals surface area contributed by atoms with E-state index in [1.165, 1.54) is 192 Å². The molecule has 23 aromatic carbocycles. The molecule has 0 aliphatic carbocycles. The molecule has 31 aromatic rings. The summed E-state index contributed by atoms with van der Waals surface area (Å²) >= 11 is 11.4. The van der Waals surface area contributed by atoms with E-state index >= 15 is 0 Å². The average molecular weight is 2010 g/mol. The molecule has 0 aliphatic heterocycles. The highest BCUT2D eigenvalue weighted by Gasteiger charge is 2.27. The van der Waals surface area contributed by atoms with Crippen LogP contribution in [0.1, 0.15) is 0 Å². The second kappa shape index (κ2) is 36.8. The van der Waals surface area contributed by atoms with Gasteiger partial charge in [-0.25, -0.2) is 29.9 Å². The van der Waals surface area contributed by atoms with Crippen molar-refractivity contribution in [3.63, 3.8) is 0 Å². The second-order valence-electron chi connectivity index (χ2n) is 37.6. The van der Waals surface area contributed by atoms with Gasteiger partial charge in [0.15, 0.2) is 34.9 Å². The van der Waals surface area contributed by atoms with Gasteiger partial charge in [0.1, 0.15) is 0 Å². The average Bonchev–Trinajstić information content (AvgIpc) is 1.55. The largest absolute Gasteiger partial charge is 0.310 e. The van der Waals surface area contributed by atoms with Crippen molar-refractivity contribution in [1.82, 2.24) is 29.9 Å². The highest BCUT2D eigenvalue weighted by molar-refractivity contribution is 7.29. The van der Waals surface area contributed by atoms with Gasteiger partial charge in [-0.15, -0.1) is 68.0 Å². The Labute approximate surface area is 880 Å². The predicted octanol–water partition coefficient (Wildman–Crippen LogP) is 40.4. The highest BCUT2D eigenvalue weighted by Crippen LogP contribution is 2.55. The fourth-order valence-corrected chi connectivity index (χ4v) is 29.2. The molecule has 0 amide bonds. The topological polar surface area (TPSA) is 80.6 Å². The molecular weight excluding hydrogens is 1920 g/mol. The first-order valence-corrected chi connectivity index (χ1v) is 54.8. The lowest BCUT2D eigenvalue weighted by atomic mass is 9.90. The molecule has 0 fully saturated rings. The molecular formula is C136H81N7S6. The molecule has 7 nitrogen and oxygen atoms in total. The molecule has 0 radical (unpaired) electrons. The van der Waals surface area contributed by atoms with Gasteiger partial charge in [0.25, 0.3) is 0 Å². The second-order valence-corrected chi connectivity index (χ2v) is 44.0. The van der Waals surface area contributed by atoms with Gasteiger partial charge < -0.3 is 4.90 Å². The summed E-state index contributed by atoms with van der Waals surface area (Å²) in [5.41, 5.74) is 18.8. The molecule has 0 bridgehead atoms. The van der Waals surface area contributed by atoms with Crippen molar-refractivity contribution in [2.24, 2.45) is 0 Å². The predicted molar refractivity (Wildman–Crippen MR) is 642 cm³/mol. The van der Waals surface area contributed by atoms with E-state index in [1.54, 1.807) is 0 Å². The normalized spacial score (nSPS) is 11.8. The highest BCUT2D eigenvalue weighted by atomic mass is 32.1. The number of para-hydroxylation sites is 1. The minimum absolute atomic E-state index is 0.647. The lowest BCUT2D eigenvalue weighted by Crippen LogP contribution is -2.09. The number of aromatic nitrogens is 6. The molecule has 696 valence electrons. The maximum Gasteiger partial charge on any atom is 0.164 e. The van der Waals surface area contributed by atoms with E-state index in [0.717, 1.165) is 67.0 Å². The third-order valence-electron chi connectivity index (χ3n) is 28.9. The maximum atomic E-state index is 5.10. The van der Waals surface area contributed by atoms with Crippen molar-refractivity contribution >= 4 is 249 Å². The van der Waals surface area contributed by atoms with Crippen LogP contribution >= 0.6 is 68.0 Å². The van der Waals surface area contributed by atoms with Crippen molar-refractivity contribution in [2.45, 2.75) is 0 Å². The fourth-order valence-electron chi connectivity index (χ4n) is 22.0. The number of hydrogen-bond donors (Lipinski definition) is 0. The minimum Gasteiger partial charge on any atom is -0.310 e. The Bertz CT molecular complexity index is 10600. The van der Waals surface area contributed by atoms with E-state index < -0.39 is 0 Å². The van der Waals surface area contributed by atoms with E-state index in [2.05, 4.69) is 399 Å². The van der Waals surface area contributed by atoms with E-state index in [1.807, 2.05) is 165 Å². The number of benzene rings is 23. The summed E-state index contributed by atoms with van der Waals surface area (Å²) in [5, 5.41) is 26.3. The Morgan fingerprint density at radius 1 is 0.134 bits per heavy atom. The SMILES string of the molecule is c1ccc(-c2ccc(N(c3ccccc3)c3ccc4c(c3)sc3ccc5ccc6c7ccccc7sc6c5c34)cc2)cc1.c1ccc(-c2nc(-c3ccccc3)nc(-c3ccc(-c4cc5sc6ccccc6c5c5c4ccc4c6ccccc6sc45)c4ccccc34)n2)cc1.c1ccc(-c2nc(-c3ccccc3)nc(-c3cccc(-c4cccc(-c5cc6sc7ccccc7c6c6c5ccc5c7ccccc7sc56)c4)c3)n2)cc1. The van der Waals surface area contributed by atoms with Gasteiger partial charge in [-0.05, 0) is 175 Å². The Balaban J connectivity index is 0.000000106.